The van der Waals surface area contributed by atoms with Gasteiger partial charge in [-0.1, -0.05) is 30.3 Å². The van der Waals surface area contributed by atoms with Crippen molar-refractivity contribution in [3.63, 3.8) is 0 Å². The first-order valence-electron chi connectivity index (χ1n) is 4.60. The van der Waals surface area contributed by atoms with Crippen LogP contribution < -0.4 is 0 Å². The van der Waals surface area contributed by atoms with E-state index in [1.165, 1.54) is 0 Å². The molecular formula is C11H12O4. The van der Waals surface area contributed by atoms with Gasteiger partial charge in [-0.25, -0.2) is 4.79 Å². The summed E-state index contributed by atoms with van der Waals surface area (Å²) in [6, 6.07) is 9.48. The van der Waals surface area contributed by atoms with Crippen molar-refractivity contribution in [2.24, 2.45) is 0 Å². The molecule has 0 saturated heterocycles. The van der Waals surface area contributed by atoms with E-state index in [-0.39, 0.29) is 6.42 Å². The molecule has 0 aliphatic heterocycles. The van der Waals surface area contributed by atoms with Gasteiger partial charge < -0.3 is 9.84 Å². The van der Waals surface area contributed by atoms with E-state index in [1.54, 1.807) is 0 Å². The molecule has 0 aromatic heterocycles. The summed E-state index contributed by atoms with van der Waals surface area (Å²) in [7, 11) is 0. The van der Waals surface area contributed by atoms with E-state index >= 15 is 0 Å². The molecular weight excluding hydrogens is 196 g/mol. The van der Waals surface area contributed by atoms with Crippen LogP contribution in [0.4, 0.5) is 0 Å². The lowest BCUT2D eigenvalue weighted by molar-refractivity contribution is -0.155. The fourth-order valence-electron chi connectivity index (χ4n) is 1.11. The molecule has 0 aliphatic rings. The maximum absolute atomic E-state index is 11.0. The lowest BCUT2D eigenvalue weighted by atomic mass is 10.1. The molecule has 0 atom stereocenters. The molecule has 1 rings (SSSR count). The van der Waals surface area contributed by atoms with Gasteiger partial charge in [-0.3, -0.25) is 4.79 Å². The Morgan fingerprint density at radius 1 is 1.20 bits per heavy atom. The predicted octanol–water partition coefficient (Wildman–Crippen LogP) is 1.25. The first-order chi connectivity index (χ1) is 7.18. The van der Waals surface area contributed by atoms with E-state index in [2.05, 4.69) is 4.74 Å². The van der Waals surface area contributed by atoms with Crippen molar-refractivity contribution < 1.29 is 19.4 Å². The lowest BCUT2D eigenvalue weighted by Crippen LogP contribution is -2.13. The summed E-state index contributed by atoms with van der Waals surface area (Å²) < 4.78 is 4.49. The fraction of sp³-hybridized carbons (Fsp3) is 0.273. The Labute approximate surface area is 87.5 Å². The number of carbonyl (C=O) groups is 2. The van der Waals surface area contributed by atoms with Crippen LogP contribution in [-0.4, -0.2) is 23.7 Å². The Hall–Kier alpha value is -1.84. The highest BCUT2D eigenvalue weighted by atomic mass is 16.5. The molecule has 0 fully saturated rings. The number of benzene rings is 1. The monoisotopic (exact) mass is 208 g/mol. The van der Waals surface area contributed by atoms with Crippen LogP contribution in [-0.2, 0) is 20.7 Å². The van der Waals surface area contributed by atoms with E-state index < -0.39 is 18.5 Å². The van der Waals surface area contributed by atoms with E-state index in [1.807, 2.05) is 30.3 Å². The molecule has 4 heteroatoms. The van der Waals surface area contributed by atoms with E-state index in [4.69, 9.17) is 5.11 Å². The number of ether oxygens (including phenoxy) is 1. The highest BCUT2D eigenvalue weighted by Gasteiger charge is 2.05. The molecule has 0 spiro atoms. The van der Waals surface area contributed by atoms with E-state index in [9.17, 15) is 9.59 Å². The van der Waals surface area contributed by atoms with Crippen molar-refractivity contribution in [2.45, 2.75) is 12.8 Å². The smallest absolute Gasteiger partial charge is 0.341 e. The van der Waals surface area contributed by atoms with Crippen LogP contribution in [0.3, 0.4) is 0 Å². The summed E-state index contributed by atoms with van der Waals surface area (Å²) >= 11 is 0. The first-order valence-corrected chi connectivity index (χ1v) is 4.60. The zero-order chi connectivity index (χ0) is 11.1. The summed E-state index contributed by atoms with van der Waals surface area (Å²) in [6.07, 6.45) is 0.774. The number of carbonyl (C=O) groups excluding carboxylic acids is 1. The Morgan fingerprint density at radius 3 is 2.47 bits per heavy atom. The van der Waals surface area contributed by atoms with Crippen molar-refractivity contribution >= 4 is 11.9 Å². The SMILES string of the molecule is O=C(O)COC(=O)CCc1ccccc1. The summed E-state index contributed by atoms with van der Waals surface area (Å²) in [4.78, 5) is 21.1. The number of rotatable bonds is 5. The van der Waals surface area contributed by atoms with Crippen LogP contribution in [0, 0.1) is 0 Å². The van der Waals surface area contributed by atoms with Gasteiger partial charge in [0.25, 0.3) is 0 Å². The third kappa shape index (κ3) is 4.81. The molecule has 0 aliphatic carbocycles. The average Bonchev–Trinajstić information content (AvgIpc) is 2.25. The third-order valence-electron chi connectivity index (χ3n) is 1.82. The third-order valence-corrected chi connectivity index (χ3v) is 1.82. The van der Waals surface area contributed by atoms with Gasteiger partial charge in [0.15, 0.2) is 6.61 Å². The Kier molecular flexibility index (Phi) is 4.34. The zero-order valence-corrected chi connectivity index (χ0v) is 8.18. The Morgan fingerprint density at radius 2 is 1.87 bits per heavy atom. The molecule has 1 aromatic carbocycles. The second-order valence-electron chi connectivity index (χ2n) is 3.04. The van der Waals surface area contributed by atoms with Crippen LogP contribution in [0.15, 0.2) is 30.3 Å². The fourth-order valence-corrected chi connectivity index (χ4v) is 1.11. The van der Waals surface area contributed by atoms with Crippen molar-refractivity contribution in [1.82, 2.24) is 0 Å². The summed E-state index contributed by atoms with van der Waals surface area (Å²) in [5, 5.41) is 8.27. The molecule has 0 unspecified atom stereocenters. The molecule has 1 N–H and O–H groups in total. The van der Waals surface area contributed by atoms with Crippen molar-refractivity contribution in [2.75, 3.05) is 6.61 Å². The van der Waals surface area contributed by atoms with E-state index in [0.717, 1.165) is 5.56 Å². The van der Waals surface area contributed by atoms with Crippen LogP contribution >= 0.6 is 0 Å². The van der Waals surface area contributed by atoms with Gasteiger partial charge in [0.2, 0.25) is 0 Å². The number of hydrogen-bond acceptors (Lipinski definition) is 3. The lowest BCUT2D eigenvalue weighted by Gasteiger charge is -2.01. The van der Waals surface area contributed by atoms with Gasteiger partial charge in [0.05, 0.1) is 0 Å². The van der Waals surface area contributed by atoms with Gasteiger partial charge in [-0.05, 0) is 12.0 Å². The summed E-state index contributed by atoms with van der Waals surface area (Å²) in [6.45, 7) is -0.562. The van der Waals surface area contributed by atoms with Crippen LogP contribution in [0.1, 0.15) is 12.0 Å². The molecule has 0 amide bonds. The second-order valence-corrected chi connectivity index (χ2v) is 3.04. The summed E-state index contributed by atoms with van der Waals surface area (Å²) in [5.74, 6) is -1.62. The molecule has 15 heavy (non-hydrogen) atoms. The van der Waals surface area contributed by atoms with Gasteiger partial charge in [0, 0.05) is 6.42 Å². The Balaban J connectivity index is 2.26. The molecule has 80 valence electrons. The molecule has 0 heterocycles. The van der Waals surface area contributed by atoms with Gasteiger partial charge in [0.1, 0.15) is 0 Å². The first kappa shape index (κ1) is 11.2. The van der Waals surface area contributed by atoms with Crippen molar-refractivity contribution in [3.8, 4) is 0 Å². The summed E-state index contributed by atoms with van der Waals surface area (Å²) in [5.41, 5.74) is 1.03. The van der Waals surface area contributed by atoms with Crippen LogP contribution in [0.5, 0.6) is 0 Å². The maximum Gasteiger partial charge on any atom is 0.341 e. The van der Waals surface area contributed by atoms with Gasteiger partial charge in [-0.15, -0.1) is 0 Å². The maximum atomic E-state index is 11.0. The van der Waals surface area contributed by atoms with Crippen LogP contribution in [0.2, 0.25) is 0 Å². The quantitative estimate of drug-likeness (QED) is 0.739. The largest absolute Gasteiger partial charge is 0.479 e. The van der Waals surface area contributed by atoms with Crippen LogP contribution in [0.25, 0.3) is 0 Å². The number of esters is 1. The minimum absolute atomic E-state index is 0.206. The standard InChI is InChI=1S/C11H12O4/c12-10(13)8-15-11(14)7-6-9-4-2-1-3-5-9/h1-5H,6-8H2,(H,12,13). The van der Waals surface area contributed by atoms with Crippen molar-refractivity contribution in [3.05, 3.63) is 35.9 Å². The van der Waals surface area contributed by atoms with Gasteiger partial charge >= 0.3 is 11.9 Å². The minimum Gasteiger partial charge on any atom is -0.479 e. The zero-order valence-electron chi connectivity index (χ0n) is 8.18. The number of hydrogen-bond donors (Lipinski definition) is 1. The minimum atomic E-state index is -1.14. The number of aliphatic carboxylic acids is 1. The molecule has 0 saturated carbocycles. The second kappa shape index (κ2) is 5.80. The molecule has 0 bridgehead atoms. The topological polar surface area (TPSA) is 63.6 Å². The number of carboxylic acids is 1. The predicted molar refractivity (Wildman–Crippen MR) is 53.4 cm³/mol. The number of carboxylic acid groups (broad SMARTS) is 1. The molecule has 1 aromatic rings. The van der Waals surface area contributed by atoms with Gasteiger partial charge in [-0.2, -0.15) is 0 Å². The highest BCUT2D eigenvalue weighted by molar-refractivity contribution is 5.75. The molecule has 0 radical (unpaired) electrons. The van der Waals surface area contributed by atoms with E-state index in [0.29, 0.717) is 6.42 Å². The highest BCUT2D eigenvalue weighted by Crippen LogP contribution is 2.02. The molecule has 4 nitrogen and oxygen atoms in total. The Bertz CT molecular complexity index is 332. The number of aryl methyl sites for hydroxylation is 1. The normalized spacial score (nSPS) is 9.60. The average molecular weight is 208 g/mol. The van der Waals surface area contributed by atoms with Crippen molar-refractivity contribution in [1.29, 1.82) is 0 Å².